The van der Waals surface area contributed by atoms with Crippen LogP contribution in [0.1, 0.15) is 32.6 Å². The number of hydrogen-bond donors (Lipinski definition) is 0. The molecule has 0 radical (unpaired) electrons. The molecule has 1 saturated heterocycles. The second-order valence-corrected chi connectivity index (χ2v) is 10.6. The van der Waals surface area contributed by atoms with Gasteiger partial charge in [0.05, 0.1) is 34.7 Å². The maximum Gasteiger partial charge on any atom is 0.264 e. The van der Waals surface area contributed by atoms with E-state index >= 15 is 0 Å². The molecule has 0 bridgehead atoms. The Morgan fingerprint density at radius 1 is 1.06 bits per heavy atom. The van der Waals surface area contributed by atoms with Crippen molar-refractivity contribution in [3.05, 3.63) is 80.4 Å². The summed E-state index contributed by atoms with van der Waals surface area (Å²) < 4.78 is 20.2. The molecule has 2 aromatic heterocycles. The fraction of sp³-hybridized carbons (Fsp3) is 0.346. The number of carbonyl (C=O) groups excluding carboxylic acids is 2. The van der Waals surface area contributed by atoms with E-state index in [2.05, 4.69) is 10.0 Å². The van der Waals surface area contributed by atoms with Gasteiger partial charge in [-0.15, -0.1) is 22.7 Å². The van der Waals surface area contributed by atoms with Crippen molar-refractivity contribution >= 4 is 40.2 Å². The number of hydrazone groups is 1. The molecule has 188 valence electrons. The van der Waals surface area contributed by atoms with E-state index in [9.17, 15) is 14.0 Å². The number of thiophene rings is 2. The van der Waals surface area contributed by atoms with E-state index in [0.717, 1.165) is 23.7 Å². The molecule has 0 unspecified atom stereocenters. The number of nitrogens with zero attached hydrogens (tertiary/aromatic N) is 4. The Hall–Kier alpha value is -2.92. The Morgan fingerprint density at radius 2 is 1.83 bits per heavy atom. The van der Waals surface area contributed by atoms with E-state index in [1.54, 1.807) is 29.2 Å². The van der Waals surface area contributed by atoms with Crippen LogP contribution >= 0.6 is 22.7 Å². The molecule has 0 N–H and O–H groups in total. The summed E-state index contributed by atoms with van der Waals surface area (Å²) in [5.41, 5.74) is 1.17. The van der Waals surface area contributed by atoms with Crippen LogP contribution in [0.3, 0.4) is 0 Å². The van der Waals surface area contributed by atoms with Gasteiger partial charge in [0.25, 0.3) is 11.8 Å². The zero-order valence-corrected chi connectivity index (χ0v) is 21.3. The van der Waals surface area contributed by atoms with Crippen molar-refractivity contribution in [3.8, 4) is 0 Å². The predicted octanol–water partition coefficient (Wildman–Crippen LogP) is 4.10. The summed E-state index contributed by atoms with van der Waals surface area (Å²) in [5, 5.41) is 9.81. The van der Waals surface area contributed by atoms with Crippen LogP contribution in [0.2, 0.25) is 0 Å². The van der Waals surface area contributed by atoms with E-state index < -0.39 is 6.04 Å². The van der Waals surface area contributed by atoms with E-state index in [4.69, 9.17) is 4.74 Å². The van der Waals surface area contributed by atoms with Crippen LogP contribution in [0.4, 0.5) is 4.39 Å². The van der Waals surface area contributed by atoms with Crippen LogP contribution in [0, 0.1) is 5.82 Å². The second-order valence-electron chi connectivity index (χ2n) is 8.66. The Kier molecular flexibility index (Phi) is 7.86. The van der Waals surface area contributed by atoms with Gasteiger partial charge in [0.15, 0.2) is 0 Å². The van der Waals surface area contributed by atoms with E-state index in [-0.39, 0.29) is 24.2 Å². The maximum absolute atomic E-state index is 14.8. The highest BCUT2D eigenvalue weighted by Gasteiger charge is 2.36. The highest BCUT2D eigenvalue weighted by atomic mass is 32.1. The van der Waals surface area contributed by atoms with Crippen molar-refractivity contribution in [2.45, 2.75) is 12.5 Å². The minimum atomic E-state index is -0.561. The summed E-state index contributed by atoms with van der Waals surface area (Å²) in [6.45, 7) is 3.84. The first-order valence-corrected chi connectivity index (χ1v) is 13.7. The van der Waals surface area contributed by atoms with Crippen molar-refractivity contribution < 1.29 is 18.7 Å². The zero-order valence-electron chi connectivity index (χ0n) is 19.7. The molecule has 4 heterocycles. The summed E-state index contributed by atoms with van der Waals surface area (Å²) >= 11 is 2.89. The Labute approximate surface area is 217 Å². The Morgan fingerprint density at radius 3 is 2.56 bits per heavy atom. The highest BCUT2D eigenvalue weighted by molar-refractivity contribution is 7.12. The van der Waals surface area contributed by atoms with E-state index in [1.165, 1.54) is 33.7 Å². The Balaban J connectivity index is 1.38. The standard InChI is InChI=1S/C26H27FN4O3S2/c27-20-6-2-1-5-19(20)22-17-21(23-7-3-15-35-23)28-31(22)25(32)18-30(26(33)24-8-4-16-36-24)10-9-29-11-13-34-14-12-29/h1-8,15-16,22H,9-14,17-18H2/t22-/m0/s1. The zero-order chi connectivity index (χ0) is 24.9. The predicted molar refractivity (Wildman–Crippen MR) is 139 cm³/mol. The minimum Gasteiger partial charge on any atom is -0.379 e. The molecule has 2 aliphatic heterocycles. The SMILES string of the molecule is O=C(c1cccs1)N(CCN1CCOCC1)CC(=O)N1N=C(c2cccs2)C[C@H]1c1ccccc1F. The fourth-order valence-corrected chi connectivity index (χ4v) is 5.86. The first kappa shape index (κ1) is 24.8. The molecular weight excluding hydrogens is 499 g/mol. The average molecular weight is 527 g/mol. The Bertz CT molecular complexity index is 1210. The van der Waals surface area contributed by atoms with Gasteiger partial charge in [0.1, 0.15) is 12.4 Å². The van der Waals surface area contributed by atoms with Crippen LogP contribution in [-0.4, -0.2) is 78.3 Å². The number of benzene rings is 1. The van der Waals surface area contributed by atoms with Gasteiger partial charge >= 0.3 is 0 Å². The molecule has 1 atom stereocenters. The van der Waals surface area contributed by atoms with Crippen LogP contribution in [-0.2, 0) is 9.53 Å². The second kappa shape index (κ2) is 11.4. The third-order valence-electron chi connectivity index (χ3n) is 6.37. The third kappa shape index (κ3) is 5.57. The topological polar surface area (TPSA) is 65.5 Å². The molecule has 1 fully saturated rings. The van der Waals surface area contributed by atoms with Crippen molar-refractivity contribution in [2.75, 3.05) is 45.9 Å². The average Bonchev–Trinajstić information content (AvgIpc) is 3.68. The molecule has 2 amide bonds. The van der Waals surface area contributed by atoms with Crippen molar-refractivity contribution in [1.82, 2.24) is 14.8 Å². The number of rotatable bonds is 8. The fourth-order valence-electron chi connectivity index (χ4n) is 4.45. The number of carbonyl (C=O) groups is 2. The normalized spacial score (nSPS) is 18.3. The van der Waals surface area contributed by atoms with Gasteiger partial charge in [-0.25, -0.2) is 9.40 Å². The first-order chi connectivity index (χ1) is 17.6. The number of hydrogen-bond acceptors (Lipinski definition) is 7. The molecule has 0 saturated carbocycles. The van der Waals surface area contributed by atoms with Crippen molar-refractivity contribution in [1.29, 1.82) is 0 Å². The van der Waals surface area contributed by atoms with Gasteiger partial charge in [0.2, 0.25) is 0 Å². The number of morpholine rings is 1. The molecule has 7 nitrogen and oxygen atoms in total. The molecule has 0 aliphatic carbocycles. The van der Waals surface area contributed by atoms with Gasteiger partial charge in [0, 0.05) is 38.2 Å². The van der Waals surface area contributed by atoms with E-state index in [1.807, 2.05) is 29.0 Å². The van der Waals surface area contributed by atoms with Crippen LogP contribution < -0.4 is 0 Å². The highest BCUT2D eigenvalue weighted by Crippen LogP contribution is 2.35. The first-order valence-electron chi connectivity index (χ1n) is 11.9. The minimum absolute atomic E-state index is 0.132. The maximum atomic E-state index is 14.8. The van der Waals surface area contributed by atoms with E-state index in [0.29, 0.717) is 43.2 Å². The van der Waals surface area contributed by atoms with Crippen LogP contribution in [0.5, 0.6) is 0 Å². The summed E-state index contributed by atoms with van der Waals surface area (Å²) in [4.78, 5) is 32.3. The van der Waals surface area contributed by atoms with Gasteiger partial charge in [-0.05, 0) is 29.0 Å². The quantitative estimate of drug-likeness (QED) is 0.443. The molecule has 36 heavy (non-hydrogen) atoms. The molecule has 3 aromatic rings. The lowest BCUT2D eigenvalue weighted by atomic mass is 10.0. The van der Waals surface area contributed by atoms with Crippen LogP contribution in [0.25, 0.3) is 0 Å². The number of ether oxygens (including phenoxy) is 1. The molecule has 2 aliphatic rings. The van der Waals surface area contributed by atoms with Gasteiger partial charge in [-0.1, -0.05) is 30.3 Å². The molecule has 0 spiro atoms. The molecule has 10 heteroatoms. The third-order valence-corrected chi connectivity index (χ3v) is 8.15. The van der Waals surface area contributed by atoms with Gasteiger partial charge in [-0.3, -0.25) is 14.5 Å². The largest absolute Gasteiger partial charge is 0.379 e. The monoisotopic (exact) mass is 526 g/mol. The van der Waals surface area contributed by atoms with Crippen molar-refractivity contribution in [2.24, 2.45) is 5.10 Å². The lowest BCUT2D eigenvalue weighted by molar-refractivity contribution is -0.133. The molecule has 5 rings (SSSR count). The van der Waals surface area contributed by atoms with Crippen molar-refractivity contribution in [3.63, 3.8) is 0 Å². The summed E-state index contributed by atoms with van der Waals surface area (Å²) in [6, 6.07) is 13.4. The number of halogens is 1. The lowest BCUT2D eigenvalue weighted by Gasteiger charge is -2.31. The molecule has 1 aromatic carbocycles. The van der Waals surface area contributed by atoms with Crippen LogP contribution in [0.15, 0.2) is 64.4 Å². The molecular formula is C26H27FN4O3S2. The van der Waals surface area contributed by atoms with Gasteiger partial charge in [-0.2, -0.15) is 5.10 Å². The summed E-state index contributed by atoms with van der Waals surface area (Å²) in [6.07, 6.45) is 0.417. The summed E-state index contributed by atoms with van der Waals surface area (Å²) in [7, 11) is 0. The smallest absolute Gasteiger partial charge is 0.264 e. The summed E-state index contributed by atoms with van der Waals surface area (Å²) in [5.74, 6) is -0.890. The van der Waals surface area contributed by atoms with Gasteiger partial charge < -0.3 is 9.64 Å². The number of amides is 2. The lowest BCUT2D eigenvalue weighted by Crippen LogP contribution is -2.46.